The Morgan fingerprint density at radius 3 is 2.17 bits per heavy atom. The van der Waals surface area contributed by atoms with Gasteiger partial charge in [-0.2, -0.15) is 0 Å². The maximum absolute atomic E-state index is 15.2. The molecule has 0 spiro atoms. The number of rotatable bonds is 4. The zero-order valence-electron chi connectivity index (χ0n) is 15.9. The topological polar surface area (TPSA) is 0 Å². The van der Waals surface area contributed by atoms with Crippen molar-refractivity contribution in [2.24, 2.45) is 0 Å². The van der Waals surface area contributed by atoms with Crippen LogP contribution in [0, 0.1) is 29.1 Å². The highest BCUT2D eigenvalue weighted by atomic mass is 19.2. The van der Waals surface area contributed by atoms with Crippen LogP contribution in [0.25, 0.3) is 22.3 Å². The van der Waals surface area contributed by atoms with Gasteiger partial charge in [-0.15, -0.1) is 0 Å². The lowest BCUT2D eigenvalue weighted by atomic mass is 9.82. The predicted octanol–water partition coefficient (Wildman–Crippen LogP) is 7.16. The molecule has 1 aliphatic carbocycles. The fourth-order valence-electron chi connectivity index (χ4n) is 4.02. The van der Waals surface area contributed by atoms with Crippen LogP contribution in [0.2, 0.25) is 0 Å². The lowest BCUT2D eigenvalue weighted by Crippen LogP contribution is -2.09. The Kier molecular flexibility index (Phi) is 5.15. The Morgan fingerprint density at radius 2 is 1.48 bits per heavy atom. The Labute approximate surface area is 166 Å². The third-order valence-electron chi connectivity index (χ3n) is 5.52. The van der Waals surface area contributed by atoms with Gasteiger partial charge in [0.05, 0.1) is 5.56 Å². The molecule has 4 rings (SSSR count). The molecule has 0 unspecified atom stereocenters. The summed E-state index contributed by atoms with van der Waals surface area (Å²) in [4.78, 5) is 0. The van der Waals surface area contributed by atoms with Crippen molar-refractivity contribution in [3.8, 4) is 22.3 Å². The molecule has 0 fully saturated rings. The highest BCUT2D eigenvalue weighted by Crippen LogP contribution is 2.40. The van der Waals surface area contributed by atoms with Crippen molar-refractivity contribution in [3.05, 3.63) is 82.2 Å². The molecule has 3 aromatic rings. The molecule has 0 saturated carbocycles. The molecule has 0 heterocycles. The third-order valence-corrected chi connectivity index (χ3v) is 5.52. The summed E-state index contributed by atoms with van der Waals surface area (Å²) in [6, 6.07) is 8.37. The average Bonchev–Trinajstić information content (AvgIpc) is 2.70. The number of aryl methyl sites for hydroxylation is 2. The molecule has 0 atom stereocenters. The molecule has 3 aromatic carbocycles. The molecule has 5 heteroatoms. The summed E-state index contributed by atoms with van der Waals surface area (Å²) in [6.07, 6.45) is 4.07. The lowest BCUT2D eigenvalue weighted by molar-refractivity contribution is 0.447. The molecule has 0 N–H and O–H groups in total. The zero-order chi connectivity index (χ0) is 20.7. The van der Waals surface area contributed by atoms with Gasteiger partial charge >= 0.3 is 0 Å². The van der Waals surface area contributed by atoms with Crippen LogP contribution in [0.15, 0.2) is 36.4 Å². The lowest BCUT2D eigenvalue weighted by Gasteiger charge is -2.23. The van der Waals surface area contributed by atoms with Crippen LogP contribution in [0.4, 0.5) is 22.0 Å². The fourth-order valence-corrected chi connectivity index (χ4v) is 4.02. The van der Waals surface area contributed by atoms with Crippen LogP contribution < -0.4 is 0 Å². The molecule has 0 saturated heterocycles. The quantitative estimate of drug-likeness (QED) is 0.321. The summed E-state index contributed by atoms with van der Waals surface area (Å²) >= 11 is 0. The Hall–Kier alpha value is -2.69. The fraction of sp³-hybridized carbons (Fsp3) is 0.250. The highest BCUT2D eigenvalue weighted by Gasteiger charge is 2.26. The highest BCUT2D eigenvalue weighted by molar-refractivity contribution is 5.78. The van der Waals surface area contributed by atoms with Gasteiger partial charge in [-0.05, 0) is 77.3 Å². The molecule has 0 nitrogen and oxygen atoms in total. The van der Waals surface area contributed by atoms with Gasteiger partial charge in [-0.3, -0.25) is 0 Å². The summed E-state index contributed by atoms with van der Waals surface area (Å²) in [5, 5.41) is 0. The summed E-state index contributed by atoms with van der Waals surface area (Å²) < 4.78 is 70.5. The van der Waals surface area contributed by atoms with E-state index in [0.29, 0.717) is 36.1 Å². The number of hydrogen-bond donors (Lipinski definition) is 0. The monoisotopic (exact) mass is 402 g/mol. The molecule has 150 valence electrons. The van der Waals surface area contributed by atoms with E-state index < -0.39 is 34.6 Å². The van der Waals surface area contributed by atoms with Crippen molar-refractivity contribution in [3.63, 3.8) is 0 Å². The molecule has 0 aromatic heterocycles. The van der Waals surface area contributed by atoms with Gasteiger partial charge in [0.2, 0.25) is 0 Å². The summed E-state index contributed by atoms with van der Waals surface area (Å²) in [5.41, 5.74) is 2.87. The van der Waals surface area contributed by atoms with E-state index >= 15 is 4.39 Å². The molecule has 0 bridgehead atoms. The number of unbranched alkanes of at least 4 members (excludes halogenated alkanes) is 1. The van der Waals surface area contributed by atoms with E-state index in [1.807, 2.05) is 12.1 Å². The first kappa shape index (κ1) is 19.6. The van der Waals surface area contributed by atoms with Gasteiger partial charge in [0, 0.05) is 0 Å². The second kappa shape index (κ2) is 7.62. The van der Waals surface area contributed by atoms with Crippen LogP contribution in [-0.4, -0.2) is 0 Å². The number of benzene rings is 3. The minimum absolute atomic E-state index is 0.306. The molecule has 1 aliphatic rings. The van der Waals surface area contributed by atoms with Gasteiger partial charge in [0.25, 0.3) is 0 Å². The van der Waals surface area contributed by atoms with Crippen molar-refractivity contribution < 1.29 is 22.0 Å². The maximum atomic E-state index is 15.2. The van der Waals surface area contributed by atoms with E-state index in [1.165, 1.54) is 11.6 Å². The van der Waals surface area contributed by atoms with Gasteiger partial charge < -0.3 is 0 Å². The normalized spacial score (nSPS) is 12.6. The van der Waals surface area contributed by atoms with Crippen LogP contribution >= 0.6 is 0 Å². The SMILES string of the molecule is CCCCc1ccc2c(c1)CCc1c-2cc(F)c(-c2cc(F)c(F)c(F)c2)c1F. The molecule has 29 heavy (non-hydrogen) atoms. The Bertz CT molecular complexity index is 1080. The van der Waals surface area contributed by atoms with Gasteiger partial charge in [-0.25, -0.2) is 22.0 Å². The van der Waals surface area contributed by atoms with E-state index in [-0.39, 0.29) is 5.56 Å². The minimum atomic E-state index is -1.67. The second-order valence-corrected chi connectivity index (χ2v) is 7.42. The maximum Gasteiger partial charge on any atom is 0.194 e. The number of hydrogen-bond acceptors (Lipinski definition) is 0. The van der Waals surface area contributed by atoms with Crippen molar-refractivity contribution in [2.45, 2.75) is 39.0 Å². The van der Waals surface area contributed by atoms with Crippen LogP contribution in [0.1, 0.15) is 36.5 Å². The van der Waals surface area contributed by atoms with Crippen molar-refractivity contribution in [2.75, 3.05) is 0 Å². The van der Waals surface area contributed by atoms with E-state index in [0.717, 1.165) is 30.4 Å². The first-order chi connectivity index (χ1) is 13.9. The summed E-state index contributed by atoms with van der Waals surface area (Å²) in [5.74, 6) is -6.43. The molecule has 0 amide bonds. The first-order valence-corrected chi connectivity index (χ1v) is 9.68. The van der Waals surface area contributed by atoms with E-state index in [4.69, 9.17) is 0 Å². The van der Waals surface area contributed by atoms with E-state index in [9.17, 15) is 17.6 Å². The minimum Gasteiger partial charge on any atom is -0.206 e. The van der Waals surface area contributed by atoms with Crippen molar-refractivity contribution in [1.82, 2.24) is 0 Å². The van der Waals surface area contributed by atoms with Gasteiger partial charge in [0.1, 0.15) is 11.6 Å². The first-order valence-electron chi connectivity index (χ1n) is 9.68. The number of fused-ring (bicyclic) bond motifs is 3. The summed E-state index contributed by atoms with van der Waals surface area (Å²) in [6.45, 7) is 2.12. The van der Waals surface area contributed by atoms with E-state index in [2.05, 4.69) is 13.0 Å². The van der Waals surface area contributed by atoms with Crippen LogP contribution in [0.5, 0.6) is 0 Å². The molecule has 0 aliphatic heterocycles. The van der Waals surface area contributed by atoms with Crippen LogP contribution in [0.3, 0.4) is 0 Å². The molecular weight excluding hydrogens is 383 g/mol. The predicted molar refractivity (Wildman–Crippen MR) is 103 cm³/mol. The van der Waals surface area contributed by atoms with Crippen molar-refractivity contribution >= 4 is 0 Å². The van der Waals surface area contributed by atoms with Crippen LogP contribution in [-0.2, 0) is 19.3 Å². The Balaban J connectivity index is 1.83. The smallest absolute Gasteiger partial charge is 0.194 e. The van der Waals surface area contributed by atoms with Gasteiger partial charge in [0.15, 0.2) is 17.5 Å². The largest absolute Gasteiger partial charge is 0.206 e. The summed E-state index contributed by atoms with van der Waals surface area (Å²) in [7, 11) is 0. The zero-order valence-corrected chi connectivity index (χ0v) is 15.9. The molecule has 0 radical (unpaired) electrons. The number of halogens is 5. The second-order valence-electron chi connectivity index (χ2n) is 7.42. The average molecular weight is 402 g/mol. The third kappa shape index (κ3) is 3.43. The Morgan fingerprint density at radius 1 is 0.759 bits per heavy atom. The molecular formula is C24H19F5. The van der Waals surface area contributed by atoms with Crippen molar-refractivity contribution in [1.29, 1.82) is 0 Å². The van der Waals surface area contributed by atoms with Gasteiger partial charge in [-0.1, -0.05) is 31.5 Å². The van der Waals surface area contributed by atoms with E-state index in [1.54, 1.807) is 0 Å². The standard InChI is InChI=1S/C24H19F5/c1-2-3-4-13-5-7-16-14(9-13)6-8-17-18(16)12-19(25)22(23(17)28)15-10-20(26)24(29)21(27)11-15/h5,7,9-12H,2-4,6,8H2,1H3.